The second-order valence-corrected chi connectivity index (χ2v) is 11.7. The highest BCUT2D eigenvalue weighted by Gasteiger charge is 2.25. The Kier molecular flexibility index (Phi) is 19.4. The van der Waals surface area contributed by atoms with E-state index in [4.69, 9.17) is 0 Å². The molecule has 212 valence electrons. The molecule has 0 N–H and O–H groups in total. The number of rotatable bonds is 25. The summed E-state index contributed by atoms with van der Waals surface area (Å²) >= 11 is 0. The van der Waals surface area contributed by atoms with Crippen LogP contribution in [0.5, 0.6) is 0 Å². The van der Waals surface area contributed by atoms with E-state index in [9.17, 15) is 0 Å². The van der Waals surface area contributed by atoms with Crippen LogP contribution in [0.1, 0.15) is 161 Å². The summed E-state index contributed by atoms with van der Waals surface area (Å²) in [6.45, 7) is 6.86. The van der Waals surface area contributed by atoms with Gasteiger partial charge in [-0.3, -0.25) is 0 Å². The van der Waals surface area contributed by atoms with Crippen molar-refractivity contribution in [1.29, 1.82) is 0 Å². The number of hydrogen-bond donors (Lipinski definition) is 0. The Morgan fingerprint density at radius 3 is 1.43 bits per heavy atom. The molecule has 2 nitrogen and oxygen atoms in total. The summed E-state index contributed by atoms with van der Waals surface area (Å²) in [6, 6.07) is 11.0. The van der Waals surface area contributed by atoms with Crippen molar-refractivity contribution < 1.29 is 0 Å². The van der Waals surface area contributed by atoms with E-state index in [0.717, 1.165) is 6.54 Å². The molecule has 0 spiro atoms. The first kappa shape index (κ1) is 31.8. The highest BCUT2D eigenvalue weighted by molar-refractivity contribution is 5.16. The van der Waals surface area contributed by atoms with Crippen LogP contribution in [0, 0.1) is 0 Å². The van der Waals surface area contributed by atoms with Crippen LogP contribution < -0.4 is 0 Å². The van der Waals surface area contributed by atoms with Crippen LogP contribution in [0.4, 0.5) is 0 Å². The van der Waals surface area contributed by atoms with Crippen LogP contribution in [-0.4, -0.2) is 22.5 Å². The highest BCUT2D eigenvalue weighted by atomic mass is 15.4. The van der Waals surface area contributed by atoms with Crippen molar-refractivity contribution in [2.24, 2.45) is 0 Å². The van der Waals surface area contributed by atoms with E-state index in [-0.39, 0.29) is 0 Å². The van der Waals surface area contributed by atoms with Gasteiger partial charge in [0.2, 0.25) is 0 Å². The van der Waals surface area contributed by atoms with E-state index in [0.29, 0.717) is 6.17 Å². The van der Waals surface area contributed by atoms with Gasteiger partial charge in [-0.1, -0.05) is 166 Å². The van der Waals surface area contributed by atoms with Crippen LogP contribution in [0.3, 0.4) is 0 Å². The molecule has 0 bridgehead atoms. The summed E-state index contributed by atoms with van der Waals surface area (Å²) in [5.74, 6) is 0. The van der Waals surface area contributed by atoms with E-state index in [1.807, 2.05) is 0 Å². The summed E-state index contributed by atoms with van der Waals surface area (Å²) < 4.78 is 0. The van der Waals surface area contributed by atoms with Gasteiger partial charge >= 0.3 is 0 Å². The molecule has 2 rings (SSSR count). The third-order valence-corrected chi connectivity index (χ3v) is 8.26. The van der Waals surface area contributed by atoms with Gasteiger partial charge in [-0.2, -0.15) is 0 Å². The van der Waals surface area contributed by atoms with Crippen molar-refractivity contribution in [3.63, 3.8) is 0 Å². The lowest BCUT2D eigenvalue weighted by atomic mass is 10.0. The second-order valence-electron chi connectivity index (χ2n) is 11.7. The molecule has 0 radical (unpaired) electrons. The lowest BCUT2D eigenvalue weighted by Crippen LogP contribution is -2.38. The summed E-state index contributed by atoms with van der Waals surface area (Å²) in [5.41, 5.74) is 1.43. The van der Waals surface area contributed by atoms with Gasteiger partial charge in [0.25, 0.3) is 0 Å². The van der Waals surface area contributed by atoms with E-state index < -0.39 is 0 Å². The van der Waals surface area contributed by atoms with Gasteiger partial charge in [-0.15, -0.1) is 0 Å². The van der Waals surface area contributed by atoms with Gasteiger partial charge in [0.1, 0.15) is 6.17 Å². The van der Waals surface area contributed by atoms with Crippen LogP contribution in [0.2, 0.25) is 0 Å². The Bertz CT molecular complexity index is 640. The molecule has 0 saturated heterocycles. The number of unbranched alkanes of at least 4 members (excludes halogenated alkanes) is 19. The molecule has 0 fully saturated rings. The normalized spacial score (nSPS) is 15.2. The molecular formula is C35H62N2. The van der Waals surface area contributed by atoms with Gasteiger partial charge in [-0.05, 0) is 24.8 Å². The first-order valence-electron chi connectivity index (χ1n) is 16.6. The smallest absolute Gasteiger partial charge is 0.101 e. The number of benzene rings is 1. The van der Waals surface area contributed by atoms with Crippen molar-refractivity contribution in [2.75, 3.05) is 6.54 Å². The molecule has 0 amide bonds. The van der Waals surface area contributed by atoms with Gasteiger partial charge < -0.3 is 9.80 Å². The minimum atomic E-state index is 0.554. The van der Waals surface area contributed by atoms with Crippen molar-refractivity contribution in [2.45, 2.75) is 168 Å². The monoisotopic (exact) mass is 510 g/mol. The first-order valence-corrected chi connectivity index (χ1v) is 16.6. The van der Waals surface area contributed by atoms with Crippen molar-refractivity contribution in [3.05, 3.63) is 48.3 Å². The molecule has 1 aromatic carbocycles. The van der Waals surface area contributed by atoms with Crippen LogP contribution in [0.15, 0.2) is 42.7 Å². The summed E-state index contributed by atoms with van der Waals surface area (Å²) in [5, 5.41) is 0. The summed E-state index contributed by atoms with van der Waals surface area (Å²) in [7, 11) is 0. The van der Waals surface area contributed by atoms with Crippen LogP contribution in [0.25, 0.3) is 0 Å². The maximum atomic E-state index is 2.65. The second kappa shape index (κ2) is 22.5. The SMILES string of the molecule is CCCCCCCCCCCCCCCCCC1N(CCCCCCCC)C=CN1Cc1ccccc1. The van der Waals surface area contributed by atoms with E-state index in [2.05, 4.69) is 66.4 Å². The number of hydrogen-bond acceptors (Lipinski definition) is 2. The number of nitrogens with zero attached hydrogens (tertiary/aromatic N) is 2. The van der Waals surface area contributed by atoms with Gasteiger partial charge in [0.05, 0.1) is 0 Å². The predicted octanol–water partition coefficient (Wildman–Crippen LogP) is 11.2. The predicted molar refractivity (Wildman–Crippen MR) is 165 cm³/mol. The molecule has 37 heavy (non-hydrogen) atoms. The summed E-state index contributed by atoms with van der Waals surface area (Å²) in [6.07, 6.45) is 36.5. The molecule has 1 aromatic rings. The average Bonchev–Trinajstić information content (AvgIpc) is 3.29. The molecule has 0 saturated carbocycles. The Hall–Kier alpha value is -1.44. The van der Waals surface area contributed by atoms with Crippen molar-refractivity contribution >= 4 is 0 Å². The van der Waals surface area contributed by atoms with E-state index in [1.54, 1.807) is 0 Å². The molecule has 1 aliphatic rings. The average molecular weight is 511 g/mol. The van der Waals surface area contributed by atoms with E-state index in [1.165, 1.54) is 153 Å². The van der Waals surface area contributed by atoms with Crippen molar-refractivity contribution in [3.8, 4) is 0 Å². The molecule has 0 aromatic heterocycles. The first-order chi connectivity index (χ1) is 18.3. The third kappa shape index (κ3) is 15.5. The topological polar surface area (TPSA) is 6.48 Å². The zero-order valence-corrected chi connectivity index (χ0v) is 25.0. The molecule has 1 heterocycles. The zero-order chi connectivity index (χ0) is 26.2. The Balaban J connectivity index is 1.56. The Morgan fingerprint density at radius 1 is 0.486 bits per heavy atom. The standard InChI is InChI=1S/C35H62N2/c1-3-5-7-9-11-12-13-14-15-16-17-18-19-20-25-29-35-36(30-26-21-10-8-6-4-2)31-32-37(35)33-34-27-23-22-24-28-34/h22-24,27-28,31-32,35H,3-21,25-26,29-30,33H2,1-2H3. The molecule has 2 heteroatoms. The fraction of sp³-hybridized carbons (Fsp3) is 0.771. The van der Waals surface area contributed by atoms with Gasteiger partial charge in [0.15, 0.2) is 0 Å². The van der Waals surface area contributed by atoms with Gasteiger partial charge in [0, 0.05) is 25.5 Å². The summed E-state index contributed by atoms with van der Waals surface area (Å²) in [4.78, 5) is 5.24. The Morgan fingerprint density at radius 2 is 0.919 bits per heavy atom. The largest absolute Gasteiger partial charge is 0.356 e. The fourth-order valence-electron chi connectivity index (χ4n) is 5.84. The lowest BCUT2D eigenvalue weighted by molar-refractivity contribution is 0.132. The van der Waals surface area contributed by atoms with Crippen LogP contribution in [-0.2, 0) is 6.54 Å². The quantitative estimate of drug-likeness (QED) is 0.121. The van der Waals surface area contributed by atoms with Crippen LogP contribution >= 0.6 is 0 Å². The van der Waals surface area contributed by atoms with E-state index >= 15 is 0 Å². The molecule has 1 aliphatic heterocycles. The Labute approximate surface area is 232 Å². The molecule has 0 aliphatic carbocycles. The van der Waals surface area contributed by atoms with Gasteiger partial charge in [-0.25, -0.2) is 0 Å². The highest BCUT2D eigenvalue weighted by Crippen LogP contribution is 2.25. The van der Waals surface area contributed by atoms with Crippen molar-refractivity contribution in [1.82, 2.24) is 9.80 Å². The lowest BCUT2D eigenvalue weighted by Gasteiger charge is -2.33. The molecule has 1 atom stereocenters. The maximum absolute atomic E-state index is 2.65. The third-order valence-electron chi connectivity index (χ3n) is 8.26. The molecule has 1 unspecified atom stereocenters. The maximum Gasteiger partial charge on any atom is 0.101 e. The zero-order valence-electron chi connectivity index (χ0n) is 25.0. The minimum absolute atomic E-state index is 0.554. The fourth-order valence-corrected chi connectivity index (χ4v) is 5.84. The molecular weight excluding hydrogens is 448 g/mol. The minimum Gasteiger partial charge on any atom is -0.356 e.